The van der Waals surface area contributed by atoms with Crippen LogP contribution >= 0.6 is 34.2 Å². The molecule has 0 aliphatic heterocycles. The Kier molecular flexibility index (Phi) is 4.32. The van der Waals surface area contributed by atoms with Gasteiger partial charge in [0.2, 0.25) is 0 Å². The molecule has 3 heteroatoms. The Hall–Kier alpha value is 0.200. The monoisotopic (exact) mass is 295 g/mol. The first-order valence-electron chi connectivity index (χ1n) is 3.88. The molecule has 0 aromatic heterocycles. The summed E-state index contributed by atoms with van der Waals surface area (Å²) in [6, 6.07) is 5.96. The van der Waals surface area contributed by atoms with Crippen molar-refractivity contribution in [3.05, 3.63) is 32.4 Å². The highest BCUT2D eigenvalue weighted by Gasteiger charge is 1.99. The summed E-state index contributed by atoms with van der Waals surface area (Å²) >= 11 is 8.18. The van der Waals surface area contributed by atoms with E-state index in [1.807, 2.05) is 18.2 Å². The van der Waals surface area contributed by atoms with Crippen LogP contribution < -0.4 is 5.73 Å². The van der Waals surface area contributed by atoms with Gasteiger partial charge in [-0.1, -0.05) is 11.6 Å². The predicted molar refractivity (Wildman–Crippen MR) is 61.5 cm³/mol. The van der Waals surface area contributed by atoms with Crippen LogP contribution in [0.25, 0.3) is 0 Å². The molecule has 0 unspecified atom stereocenters. The van der Waals surface area contributed by atoms with E-state index in [0.29, 0.717) is 0 Å². The van der Waals surface area contributed by atoms with E-state index in [1.165, 1.54) is 9.13 Å². The Morgan fingerprint density at radius 2 is 2.17 bits per heavy atom. The maximum Gasteiger partial charge on any atom is 0.0409 e. The molecule has 0 saturated heterocycles. The lowest BCUT2D eigenvalue weighted by molar-refractivity contribution is 0.829. The summed E-state index contributed by atoms with van der Waals surface area (Å²) in [6.07, 6.45) is 2.05. The second-order valence-corrected chi connectivity index (χ2v) is 4.23. The maximum absolute atomic E-state index is 5.86. The van der Waals surface area contributed by atoms with Gasteiger partial charge in [-0.25, -0.2) is 0 Å². The van der Waals surface area contributed by atoms with Crippen LogP contribution in [0, 0.1) is 3.57 Å². The lowest BCUT2D eigenvalue weighted by Gasteiger charge is -2.03. The SMILES string of the molecule is NCCCc1cc(Cl)ccc1I. The van der Waals surface area contributed by atoms with Gasteiger partial charge in [0.1, 0.15) is 0 Å². The zero-order valence-corrected chi connectivity index (χ0v) is 9.60. The lowest BCUT2D eigenvalue weighted by atomic mass is 10.1. The first kappa shape index (κ1) is 10.3. The molecule has 12 heavy (non-hydrogen) atoms. The Labute approximate surface area is 91.4 Å². The molecule has 2 N–H and O–H groups in total. The molecular formula is C9H11ClIN. The van der Waals surface area contributed by atoms with Gasteiger partial charge in [-0.05, 0) is 65.7 Å². The first-order valence-corrected chi connectivity index (χ1v) is 5.33. The van der Waals surface area contributed by atoms with E-state index >= 15 is 0 Å². The summed E-state index contributed by atoms with van der Waals surface area (Å²) in [5, 5.41) is 0.808. The van der Waals surface area contributed by atoms with Crippen LogP contribution in [0.3, 0.4) is 0 Å². The molecule has 0 radical (unpaired) electrons. The molecule has 0 heterocycles. The highest BCUT2D eigenvalue weighted by molar-refractivity contribution is 14.1. The Morgan fingerprint density at radius 1 is 1.42 bits per heavy atom. The fraction of sp³-hybridized carbons (Fsp3) is 0.333. The molecule has 0 spiro atoms. The minimum absolute atomic E-state index is 0.739. The second kappa shape index (κ2) is 5.04. The van der Waals surface area contributed by atoms with E-state index in [1.54, 1.807) is 0 Å². The summed E-state index contributed by atoms with van der Waals surface area (Å²) in [4.78, 5) is 0. The summed E-state index contributed by atoms with van der Waals surface area (Å²) in [5.74, 6) is 0. The lowest BCUT2D eigenvalue weighted by Crippen LogP contribution is -2.01. The van der Waals surface area contributed by atoms with Gasteiger partial charge in [0.05, 0.1) is 0 Å². The van der Waals surface area contributed by atoms with Gasteiger partial charge in [0.15, 0.2) is 0 Å². The Bertz CT molecular complexity index is 263. The highest BCUT2D eigenvalue weighted by atomic mass is 127. The standard InChI is InChI=1S/C9H11ClIN/c10-8-3-4-9(11)7(6-8)2-1-5-12/h3-4,6H,1-2,5,12H2. The van der Waals surface area contributed by atoms with Gasteiger partial charge in [-0.3, -0.25) is 0 Å². The van der Waals surface area contributed by atoms with Gasteiger partial charge in [0, 0.05) is 8.59 Å². The third kappa shape index (κ3) is 2.92. The highest BCUT2D eigenvalue weighted by Crippen LogP contribution is 2.18. The second-order valence-electron chi connectivity index (χ2n) is 2.63. The third-order valence-corrected chi connectivity index (χ3v) is 2.95. The molecule has 0 fully saturated rings. The van der Waals surface area contributed by atoms with Crippen molar-refractivity contribution in [3.63, 3.8) is 0 Å². The summed E-state index contributed by atoms with van der Waals surface area (Å²) in [6.45, 7) is 0.739. The zero-order valence-electron chi connectivity index (χ0n) is 6.69. The van der Waals surface area contributed by atoms with Gasteiger partial charge >= 0.3 is 0 Å². The van der Waals surface area contributed by atoms with Crippen LogP contribution in [0.2, 0.25) is 5.02 Å². The number of aryl methyl sites for hydroxylation is 1. The quantitative estimate of drug-likeness (QED) is 0.853. The number of hydrogen-bond donors (Lipinski definition) is 1. The molecular weight excluding hydrogens is 284 g/mol. The molecule has 1 rings (SSSR count). The van der Waals surface area contributed by atoms with Crippen molar-refractivity contribution in [2.45, 2.75) is 12.8 Å². The van der Waals surface area contributed by atoms with Gasteiger partial charge in [-0.2, -0.15) is 0 Å². The minimum atomic E-state index is 0.739. The van der Waals surface area contributed by atoms with Crippen molar-refractivity contribution in [2.75, 3.05) is 6.54 Å². The molecule has 0 aliphatic rings. The van der Waals surface area contributed by atoms with Gasteiger partial charge < -0.3 is 5.73 Å². The topological polar surface area (TPSA) is 26.0 Å². The fourth-order valence-corrected chi connectivity index (χ4v) is 1.83. The van der Waals surface area contributed by atoms with Crippen molar-refractivity contribution in [2.24, 2.45) is 5.73 Å². The third-order valence-electron chi connectivity index (χ3n) is 1.66. The van der Waals surface area contributed by atoms with E-state index < -0.39 is 0 Å². The average Bonchev–Trinajstić information content (AvgIpc) is 2.07. The van der Waals surface area contributed by atoms with Crippen LogP contribution in [0.15, 0.2) is 18.2 Å². The molecule has 0 bridgehead atoms. The van der Waals surface area contributed by atoms with Crippen LogP contribution in [0.4, 0.5) is 0 Å². The molecule has 0 atom stereocenters. The van der Waals surface area contributed by atoms with Crippen molar-refractivity contribution in [1.29, 1.82) is 0 Å². The molecule has 1 nitrogen and oxygen atoms in total. The zero-order chi connectivity index (χ0) is 8.97. The first-order chi connectivity index (χ1) is 5.74. The number of halogens is 2. The molecule has 1 aromatic carbocycles. The number of rotatable bonds is 3. The van der Waals surface area contributed by atoms with E-state index in [9.17, 15) is 0 Å². The van der Waals surface area contributed by atoms with Crippen LogP contribution in [-0.4, -0.2) is 6.54 Å². The van der Waals surface area contributed by atoms with E-state index in [-0.39, 0.29) is 0 Å². The fourth-order valence-electron chi connectivity index (χ4n) is 1.03. The largest absolute Gasteiger partial charge is 0.330 e. The Morgan fingerprint density at radius 3 is 2.83 bits per heavy atom. The smallest absolute Gasteiger partial charge is 0.0409 e. The number of hydrogen-bond acceptors (Lipinski definition) is 1. The normalized spacial score (nSPS) is 10.2. The van der Waals surface area contributed by atoms with Crippen molar-refractivity contribution >= 4 is 34.2 Å². The number of benzene rings is 1. The average molecular weight is 296 g/mol. The molecule has 1 aromatic rings. The molecule has 0 aliphatic carbocycles. The van der Waals surface area contributed by atoms with Crippen LogP contribution in [-0.2, 0) is 6.42 Å². The molecule has 66 valence electrons. The van der Waals surface area contributed by atoms with Gasteiger partial charge in [-0.15, -0.1) is 0 Å². The Balaban J connectivity index is 2.75. The predicted octanol–water partition coefficient (Wildman–Crippen LogP) is 2.84. The summed E-state index contributed by atoms with van der Waals surface area (Å²) in [5.41, 5.74) is 6.73. The van der Waals surface area contributed by atoms with Crippen molar-refractivity contribution in [1.82, 2.24) is 0 Å². The number of nitrogens with two attached hydrogens (primary N) is 1. The maximum atomic E-state index is 5.86. The molecule has 0 amide bonds. The van der Waals surface area contributed by atoms with E-state index in [0.717, 1.165) is 24.4 Å². The summed E-state index contributed by atoms with van der Waals surface area (Å²) in [7, 11) is 0. The van der Waals surface area contributed by atoms with E-state index in [4.69, 9.17) is 17.3 Å². The van der Waals surface area contributed by atoms with Crippen LogP contribution in [0.1, 0.15) is 12.0 Å². The van der Waals surface area contributed by atoms with Crippen molar-refractivity contribution in [3.8, 4) is 0 Å². The van der Waals surface area contributed by atoms with E-state index in [2.05, 4.69) is 22.6 Å². The summed E-state index contributed by atoms with van der Waals surface area (Å²) < 4.78 is 1.27. The van der Waals surface area contributed by atoms with Crippen LogP contribution in [0.5, 0.6) is 0 Å². The van der Waals surface area contributed by atoms with Crippen molar-refractivity contribution < 1.29 is 0 Å². The minimum Gasteiger partial charge on any atom is -0.330 e. The van der Waals surface area contributed by atoms with Gasteiger partial charge in [0.25, 0.3) is 0 Å². The molecule has 0 saturated carbocycles.